The molecule has 0 saturated carbocycles. The van der Waals surface area contributed by atoms with E-state index >= 15 is 0 Å². The first-order valence-electron chi connectivity index (χ1n) is 7.85. The van der Waals surface area contributed by atoms with E-state index in [9.17, 15) is 0 Å². The van der Waals surface area contributed by atoms with Crippen LogP contribution in [0.5, 0.6) is 0 Å². The SMILES string of the molecule is C[C@]1(NCc2ccccc2)CCCN[C@@H]1c1ccccc1. The van der Waals surface area contributed by atoms with Crippen molar-refractivity contribution in [2.24, 2.45) is 0 Å². The van der Waals surface area contributed by atoms with Crippen molar-refractivity contribution < 1.29 is 0 Å². The van der Waals surface area contributed by atoms with E-state index in [2.05, 4.69) is 78.2 Å². The first-order valence-corrected chi connectivity index (χ1v) is 7.85. The molecule has 2 aromatic rings. The molecule has 0 amide bonds. The van der Waals surface area contributed by atoms with Crippen molar-refractivity contribution in [3.05, 3.63) is 71.8 Å². The summed E-state index contributed by atoms with van der Waals surface area (Å²) in [5.41, 5.74) is 2.81. The summed E-state index contributed by atoms with van der Waals surface area (Å²) in [5, 5.41) is 7.50. The standard InChI is InChI=1S/C19H24N2/c1-19(21-15-16-9-4-2-5-10-16)13-8-14-20-18(19)17-11-6-3-7-12-17/h2-7,9-12,18,20-21H,8,13-15H2,1H3/t18-,19+/m1/s1. The van der Waals surface area contributed by atoms with Crippen LogP contribution in [0.15, 0.2) is 60.7 Å². The van der Waals surface area contributed by atoms with E-state index < -0.39 is 0 Å². The van der Waals surface area contributed by atoms with Crippen LogP contribution in [0.1, 0.15) is 36.9 Å². The highest BCUT2D eigenvalue weighted by Crippen LogP contribution is 2.33. The normalized spacial score (nSPS) is 25.7. The van der Waals surface area contributed by atoms with Gasteiger partial charge in [0.15, 0.2) is 0 Å². The monoisotopic (exact) mass is 280 g/mol. The summed E-state index contributed by atoms with van der Waals surface area (Å²) in [7, 11) is 0. The minimum Gasteiger partial charge on any atom is -0.308 e. The molecule has 21 heavy (non-hydrogen) atoms. The van der Waals surface area contributed by atoms with Crippen molar-refractivity contribution in [2.45, 2.75) is 37.9 Å². The highest BCUT2D eigenvalue weighted by molar-refractivity contribution is 5.24. The number of nitrogens with one attached hydrogen (secondary N) is 2. The van der Waals surface area contributed by atoms with Crippen LogP contribution >= 0.6 is 0 Å². The molecule has 1 saturated heterocycles. The van der Waals surface area contributed by atoms with Gasteiger partial charge < -0.3 is 10.6 Å². The van der Waals surface area contributed by atoms with Gasteiger partial charge in [-0.1, -0.05) is 60.7 Å². The van der Waals surface area contributed by atoms with Gasteiger partial charge in [0.05, 0.1) is 6.04 Å². The molecule has 110 valence electrons. The molecular weight excluding hydrogens is 256 g/mol. The number of benzene rings is 2. The van der Waals surface area contributed by atoms with Crippen LogP contribution < -0.4 is 10.6 Å². The van der Waals surface area contributed by atoms with E-state index in [1.54, 1.807) is 0 Å². The Balaban J connectivity index is 1.76. The van der Waals surface area contributed by atoms with E-state index in [0.717, 1.165) is 13.1 Å². The van der Waals surface area contributed by atoms with Crippen LogP contribution in [0.25, 0.3) is 0 Å². The van der Waals surface area contributed by atoms with Gasteiger partial charge in [0.2, 0.25) is 0 Å². The first-order chi connectivity index (χ1) is 10.3. The minimum absolute atomic E-state index is 0.0927. The average Bonchev–Trinajstić information content (AvgIpc) is 2.55. The molecule has 1 fully saturated rings. The Morgan fingerprint density at radius 2 is 1.71 bits per heavy atom. The van der Waals surface area contributed by atoms with Gasteiger partial charge in [0.25, 0.3) is 0 Å². The van der Waals surface area contributed by atoms with Crippen LogP contribution in [0, 0.1) is 0 Å². The molecule has 0 aliphatic carbocycles. The maximum atomic E-state index is 3.80. The summed E-state index contributed by atoms with van der Waals surface area (Å²) in [6, 6.07) is 21.8. The molecule has 1 aliphatic rings. The van der Waals surface area contributed by atoms with E-state index in [-0.39, 0.29) is 5.54 Å². The number of hydrogen-bond donors (Lipinski definition) is 2. The Morgan fingerprint density at radius 3 is 2.43 bits per heavy atom. The molecule has 0 aromatic heterocycles. The van der Waals surface area contributed by atoms with Gasteiger partial charge in [-0.25, -0.2) is 0 Å². The Labute approximate surface area is 127 Å². The zero-order valence-electron chi connectivity index (χ0n) is 12.7. The molecule has 2 atom stereocenters. The fraction of sp³-hybridized carbons (Fsp3) is 0.368. The van der Waals surface area contributed by atoms with E-state index in [1.807, 2.05) is 0 Å². The summed E-state index contributed by atoms with van der Waals surface area (Å²) in [6.45, 7) is 4.37. The fourth-order valence-corrected chi connectivity index (χ4v) is 3.29. The first kappa shape index (κ1) is 14.3. The zero-order chi connectivity index (χ0) is 14.5. The Hall–Kier alpha value is -1.64. The molecule has 1 aliphatic heterocycles. The Kier molecular flexibility index (Phi) is 4.37. The second-order valence-electron chi connectivity index (χ2n) is 6.16. The predicted molar refractivity (Wildman–Crippen MR) is 88.1 cm³/mol. The van der Waals surface area contributed by atoms with Crippen LogP contribution in [0.4, 0.5) is 0 Å². The number of piperidine rings is 1. The molecule has 2 nitrogen and oxygen atoms in total. The third kappa shape index (κ3) is 3.34. The van der Waals surface area contributed by atoms with Gasteiger partial charge in [-0.3, -0.25) is 0 Å². The van der Waals surface area contributed by atoms with Crippen LogP contribution in [0.3, 0.4) is 0 Å². The molecule has 3 rings (SSSR count). The van der Waals surface area contributed by atoms with E-state index in [1.165, 1.54) is 24.0 Å². The van der Waals surface area contributed by atoms with Crippen molar-refractivity contribution in [3.63, 3.8) is 0 Å². The lowest BCUT2D eigenvalue weighted by Gasteiger charge is -2.43. The molecule has 1 heterocycles. The lowest BCUT2D eigenvalue weighted by atomic mass is 9.80. The van der Waals surface area contributed by atoms with Crippen molar-refractivity contribution >= 4 is 0 Å². The molecule has 2 N–H and O–H groups in total. The van der Waals surface area contributed by atoms with Gasteiger partial charge in [0, 0.05) is 12.1 Å². The maximum Gasteiger partial charge on any atom is 0.0502 e. The predicted octanol–water partition coefficient (Wildman–Crippen LogP) is 3.66. The molecule has 0 bridgehead atoms. The summed E-state index contributed by atoms with van der Waals surface area (Å²) < 4.78 is 0. The van der Waals surface area contributed by atoms with Crippen molar-refractivity contribution in [3.8, 4) is 0 Å². The Morgan fingerprint density at radius 1 is 1.05 bits per heavy atom. The quantitative estimate of drug-likeness (QED) is 0.893. The molecule has 2 aromatic carbocycles. The lowest BCUT2D eigenvalue weighted by molar-refractivity contribution is 0.196. The topological polar surface area (TPSA) is 24.1 Å². The van der Waals surface area contributed by atoms with Gasteiger partial charge in [-0.15, -0.1) is 0 Å². The Bertz CT molecular complexity index is 552. The zero-order valence-corrected chi connectivity index (χ0v) is 12.7. The average molecular weight is 280 g/mol. The highest BCUT2D eigenvalue weighted by atomic mass is 15.1. The van der Waals surface area contributed by atoms with E-state index in [4.69, 9.17) is 0 Å². The van der Waals surface area contributed by atoms with Gasteiger partial charge in [0.1, 0.15) is 0 Å². The molecule has 0 radical (unpaired) electrons. The fourth-order valence-electron chi connectivity index (χ4n) is 3.29. The second-order valence-corrected chi connectivity index (χ2v) is 6.16. The minimum atomic E-state index is 0.0927. The van der Waals surface area contributed by atoms with Crippen molar-refractivity contribution in [1.29, 1.82) is 0 Å². The largest absolute Gasteiger partial charge is 0.308 e. The van der Waals surface area contributed by atoms with Crippen LogP contribution in [-0.4, -0.2) is 12.1 Å². The van der Waals surface area contributed by atoms with Crippen LogP contribution in [-0.2, 0) is 6.54 Å². The third-order valence-corrected chi connectivity index (χ3v) is 4.53. The number of hydrogen-bond acceptors (Lipinski definition) is 2. The molecule has 0 unspecified atom stereocenters. The second kappa shape index (κ2) is 6.42. The summed E-state index contributed by atoms with van der Waals surface area (Å²) >= 11 is 0. The molecule has 0 spiro atoms. The van der Waals surface area contributed by atoms with Gasteiger partial charge >= 0.3 is 0 Å². The molecule has 2 heteroatoms. The van der Waals surface area contributed by atoms with Crippen molar-refractivity contribution in [1.82, 2.24) is 10.6 Å². The van der Waals surface area contributed by atoms with Crippen molar-refractivity contribution in [2.75, 3.05) is 6.54 Å². The summed E-state index contributed by atoms with van der Waals surface area (Å²) in [5.74, 6) is 0. The third-order valence-electron chi connectivity index (χ3n) is 4.53. The van der Waals surface area contributed by atoms with Gasteiger partial charge in [-0.2, -0.15) is 0 Å². The number of rotatable bonds is 4. The summed E-state index contributed by atoms with van der Waals surface area (Å²) in [4.78, 5) is 0. The highest BCUT2D eigenvalue weighted by Gasteiger charge is 2.36. The maximum absolute atomic E-state index is 3.80. The molecular formula is C19H24N2. The van der Waals surface area contributed by atoms with E-state index in [0.29, 0.717) is 6.04 Å². The summed E-state index contributed by atoms with van der Waals surface area (Å²) in [6.07, 6.45) is 2.42. The van der Waals surface area contributed by atoms with Crippen LogP contribution in [0.2, 0.25) is 0 Å². The smallest absolute Gasteiger partial charge is 0.0502 e. The van der Waals surface area contributed by atoms with Gasteiger partial charge in [-0.05, 0) is 37.4 Å². The lowest BCUT2D eigenvalue weighted by Crippen LogP contribution is -2.55.